The Morgan fingerprint density at radius 2 is 1.90 bits per heavy atom. The fourth-order valence-electron chi connectivity index (χ4n) is 4.70. The maximum absolute atomic E-state index is 13.5. The molecule has 4 N–H and O–H groups in total. The minimum Gasteiger partial charge on any atom is -0.465 e. The molecule has 1 saturated carbocycles. The van der Waals surface area contributed by atoms with Crippen LogP contribution < -0.4 is 10.6 Å². The van der Waals surface area contributed by atoms with E-state index in [1.54, 1.807) is 17.0 Å². The zero-order chi connectivity index (χ0) is 22.0. The van der Waals surface area contributed by atoms with Gasteiger partial charge >= 0.3 is 12.1 Å². The van der Waals surface area contributed by atoms with Crippen molar-refractivity contribution in [3.63, 3.8) is 0 Å². The zero-order valence-electron chi connectivity index (χ0n) is 17.1. The molecule has 7 nitrogen and oxygen atoms in total. The van der Waals surface area contributed by atoms with Crippen LogP contribution in [0.5, 0.6) is 0 Å². The second-order valence-corrected chi connectivity index (χ2v) is 8.37. The first-order chi connectivity index (χ1) is 14.8. The molecule has 1 fully saturated rings. The number of urea groups is 1. The van der Waals surface area contributed by atoms with Crippen molar-refractivity contribution in [1.29, 1.82) is 0 Å². The molecule has 0 aromatic heterocycles. The van der Waals surface area contributed by atoms with Crippen molar-refractivity contribution in [1.82, 2.24) is 15.5 Å². The number of fused-ring (bicyclic) bond motifs is 1. The van der Waals surface area contributed by atoms with Gasteiger partial charge in [0.15, 0.2) is 0 Å². The number of carboxylic acid groups (broad SMARTS) is 1. The van der Waals surface area contributed by atoms with E-state index in [-0.39, 0.29) is 36.9 Å². The number of carbonyl (C=O) groups excluding carboxylic acids is 1. The van der Waals surface area contributed by atoms with Gasteiger partial charge in [-0.3, -0.25) is 0 Å². The van der Waals surface area contributed by atoms with Gasteiger partial charge in [-0.1, -0.05) is 36.4 Å². The van der Waals surface area contributed by atoms with Gasteiger partial charge in [-0.25, -0.2) is 14.0 Å². The molecule has 0 bridgehead atoms. The summed E-state index contributed by atoms with van der Waals surface area (Å²) in [4.78, 5) is 25.7. The van der Waals surface area contributed by atoms with Crippen LogP contribution in [0, 0.1) is 5.82 Å². The Morgan fingerprint density at radius 3 is 2.65 bits per heavy atom. The quantitative estimate of drug-likeness (QED) is 0.602. The molecule has 0 spiro atoms. The maximum atomic E-state index is 13.5. The lowest BCUT2D eigenvalue weighted by Gasteiger charge is -2.38. The molecule has 31 heavy (non-hydrogen) atoms. The molecular weight excluding hydrogens is 401 g/mol. The van der Waals surface area contributed by atoms with Crippen LogP contribution >= 0.6 is 0 Å². The summed E-state index contributed by atoms with van der Waals surface area (Å²) >= 11 is 0. The van der Waals surface area contributed by atoms with Crippen molar-refractivity contribution in [2.45, 2.75) is 43.4 Å². The molecule has 0 saturated heterocycles. The zero-order valence-corrected chi connectivity index (χ0v) is 17.1. The molecule has 2 aromatic rings. The molecule has 1 heterocycles. The standard InChI is InChI=1S/C23H26FN3O4/c24-17-7-5-16(6-8-17)20-19-4-2-1-3-15(19)10-12-27(20)21(28)25-14-23(31)11-9-18(13-23)26-22(29)30/h1-8,18,20,26,31H,9-14H2,(H,25,28)(H,29,30)/t18?,20-,23?/m0/s1. The molecule has 3 atom stereocenters. The first-order valence-electron chi connectivity index (χ1n) is 10.4. The number of nitrogens with zero attached hydrogens (tertiary/aromatic N) is 1. The van der Waals surface area contributed by atoms with Crippen molar-refractivity contribution in [3.05, 3.63) is 71.0 Å². The van der Waals surface area contributed by atoms with E-state index in [1.807, 2.05) is 24.3 Å². The normalized spacial score (nSPS) is 25.0. The monoisotopic (exact) mass is 427 g/mol. The largest absolute Gasteiger partial charge is 0.465 e. The van der Waals surface area contributed by atoms with Gasteiger partial charge in [0.1, 0.15) is 5.82 Å². The highest BCUT2D eigenvalue weighted by molar-refractivity contribution is 5.76. The number of rotatable bonds is 4. The number of aliphatic hydroxyl groups is 1. The van der Waals surface area contributed by atoms with Crippen molar-refractivity contribution in [2.75, 3.05) is 13.1 Å². The molecule has 0 radical (unpaired) electrons. The molecule has 2 aromatic carbocycles. The highest BCUT2D eigenvalue weighted by Gasteiger charge is 2.39. The number of hydrogen-bond donors (Lipinski definition) is 4. The lowest BCUT2D eigenvalue weighted by molar-refractivity contribution is 0.0456. The van der Waals surface area contributed by atoms with Gasteiger partial charge in [-0.05, 0) is 54.5 Å². The second kappa shape index (κ2) is 8.55. The topological polar surface area (TPSA) is 102 Å². The summed E-state index contributed by atoms with van der Waals surface area (Å²) < 4.78 is 13.5. The molecule has 8 heteroatoms. The molecule has 2 unspecified atom stereocenters. The minimum absolute atomic E-state index is 0.0396. The Kier molecular flexibility index (Phi) is 5.82. The molecule has 3 amide bonds. The van der Waals surface area contributed by atoms with Crippen LogP contribution in [0.15, 0.2) is 48.5 Å². The first-order valence-corrected chi connectivity index (χ1v) is 10.4. The van der Waals surface area contributed by atoms with Crippen LogP contribution in [0.2, 0.25) is 0 Å². The van der Waals surface area contributed by atoms with Gasteiger partial charge in [0, 0.05) is 19.1 Å². The highest BCUT2D eigenvalue weighted by Crippen LogP contribution is 2.35. The summed E-state index contributed by atoms with van der Waals surface area (Å²) in [5.74, 6) is -0.336. The van der Waals surface area contributed by atoms with E-state index in [4.69, 9.17) is 5.11 Å². The number of hydrogen-bond acceptors (Lipinski definition) is 3. The third kappa shape index (κ3) is 4.64. The van der Waals surface area contributed by atoms with Gasteiger partial charge in [0.2, 0.25) is 0 Å². The van der Waals surface area contributed by atoms with Crippen molar-refractivity contribution in [3.8, 4) is 0 Å². The van der Waals surface area contributed by atoms with Gasteiger partial charge < -0.3 is 25.7 Å². The first kappa shape index (κ1) is 21.1. The van der Waals surface area contributed by atoms with Crippen LogP contribution in [0.1, 0.15) is 42.0 Å². The molecule has 164 valence electrons. The Bertz CT molecular complexity index is 968. The lowest BCUT2D eigenvalue weighted by Crippen LogP contribution is -2.50. The van der Waals surface area contributed by atoms with E-state index in [0.717, 1.165) is 16.7 Å². The van der Waals surface area contributed by atoms with Crippen LogP contribution in [0.4, 0.5) is 14.0 Å². The van der Waals surface area contributed by atoms with Gasteiger partial charge in [-0.2, -0.15) is 0 Å². The predicted octanol–water partition coefficient (Wildman–Crippen LogP) is 3.03. The smallest absolute Gasteiger partial charge is 0.404 e. The van der Waals surface area contributed by atoms with E-state index in [0.29, 0.717) is 25.8 Å². The van der Waals surface area contributed by atoms with Crippen LogP contribution in [0.3, 0.4) is 0 Å². The second-order valence-electron chi connectivity index (χ2n) is 8.37. The third-order valence-corrected chi connectivity index (χ3v) is 6.21. The van der Waals surface area contributed by atoms with Gasteiger partial charge in [-0.15, -0.1) is 0 Å². The summed E-state index contributed by atoms with van der Waals surface area (Å²) in [6.45, 7) is 0.532. The average molecular weight is 427 g/mol. The van der Waals surface area contributed by atoms with E-state index in [1.165, 1.54) is 12.1 Å². The fourth-order valence-corrected chi connectivity index (χ4v) is 4.70. The summed E-state index contributed by atoms with van der Waals surface area (Å²) in [6, 6.07) is 13.1. The highest BCUT2D eigenvalue weighted by atomic mass is 19.1. The maximum Gasteiger partial charge on any atom is 0.404 e. The molecular formula is C23H26FN3O4. The Morgan fingerprint density at radius 1 is 1.16 bits per heavy atom. The number of nitrogens with one attached hydrogen (secondary N) is 2. The van der Waals surface area contributed by atoms with Gasteiger partial charge in [0.25, 0.3) is 0 Å². The molecule has 1 aliphatic carbocycles. The molecule has 2 aliphatic rings. The van der Waals surface area contributed by atoms with Crippen molar-refractivity contribution >= 4 is 12.1 Å². The number of halogens is 1. The predicted molar refractivity (Wildman–Crippen MR) is 112 cm³/mol. The van der Waals surface area contributed by atoms with Crippen molar-refractivity contribution in [2.24, 2.45) is 0 Å². The SMILES string of the molecule is O=C(O)NC1CCC(O)(CNC(=O)N2CCc3ccccc3[C@@H]2c2ccc(F)cc2)C1. The molecule has 1 aliphatic heterocycles. The van der Waals surface area contributed by atoms with Crippen LogP contribution in [0.25, 0.3) is 0 Å². The van der Waals surface area contributed by atoms with Crippen molar-refractivity contribution < 1.29 is 24.2 Å². The Labute approximate surface area is 179 Å². The molecule has 4 rings (SSSR count). The summed E-state index contributed by atoms with van der Waals surface area (Å²) in [5.41, 5.74) is 1.81. The third-order valence-electron chi connectivity index (χ3n) is 6.21. The van der Waals surface area contributed by atoms with E-state index < -0.39 is 11.7 Å². The van der Waals surface area contributed by atoms with E-state index in [2.05, 4.69) is 10.6 Å². The van der Waals surface area contributed by atoms with E-state index in [9.17, 15) is 19.1 Å². The lowest BCUT2D eigenvalue weighted by atomic mass is 9.88. The van der Waals surface area contributed by atoms with Crippen LogP contribution in [-0.2, 0) is 6.42 Å². The number of carbonyl (C=O) groups is 2. The summed E-state index contributed by atoms with van der Waals surface area (Å²) in [6.07, 6.45) is 0.767. The van der Waals surface area contributed by atoms with E-state index >= 15 is 0 Å². The summed E-state index contributed by atoms with van der Waals surface area (Å²) in [7, 11) is 0. The van der Waals surface area contributed by atoms with Gasteiger partial charge in [0.05, 0.1) is 11.6 Å². The Balaban J connectivity index is 1.50. The minimum atomic E-state index is -1.15. The van der Waals surface area contributed by atoms with Crippen LogP contribution in [-0.4, -0.2) is 52.0 Å². The Hall–Kier alpha value is -3.13. The number of amides is 3. The fraction of sp³-hybridized carbons (Fsp3) is 0.391. The summed E-state index contributed by atoms with van der Waals surface area (Å²) in [5, 5.41) is 24.9. The average Bonchev–Trinajstić information content (AvgIpc) is 3.12. The number of benzene rings is 2.